The Morgan fingerprint density at radius 2 is 1.91 bits per heavy atom. The van der Waals surface area contributed by atoms with Crippen LogP contribution in [0.4, 0.5) is 0 Å². The minimum atomic E-state index is -0.448. The van der Waals surface area contributed by atoms with Crippen molar-refractivity contribution < 1.29 is 23.5 Å². The van der Waals surface area contributed by atoms with Crippen molar-refractivity contribution in [3.63, 3.8) is 0 Å². The Morgan fingerprint density at radius 3 is 2.59 bits per heavy atom. The fourth-order valence-electron chi connectivity index (χ4n) is 3.03. The van der Waals surface area contributed by atoms with Gasteiger partial charge in [0.2, 0.25) is 0 Å². The molecule has 0 bridgehead atoms. The Kier molecular flexibility index (Phi) is 7.70. The van der Waals surface area contributed by atoms with Gasteiger partial charge in [0.05, 0.1) is 20.0 Å². The summed E-state index contributed by atoms with van der Waals surface area (Å²) in [6.45, 7) is 4.51. The van der Waals surface area contributed by atoms with Crippen molar-refractivity contribution >= 4 is 17.9 Å². The molecule has 0 aliphatic carbocycles. The highest BCUT2D eigenvalue weighted by Crippen LogP contribution is 2.28. The van der Waals surface area contributed by atoms with Crippen molar-refractivity contribution in [3.8, 4) is 11.5 Å². The fraction of sp³-hybridized carbons (Fsp3) is 0.200. The minimum absolute atomic E-state index is 0.0741. The summed E-state index contributed by atoms with van der Waals surface area (Å²) in [6, 6.07) is 16.0. The molecule has 3 rings (SSSR count). The molecule has 0 atom stereocenters. The molecule has 0 unspecified atom stereocenters. The Balaban J connectivity index is 1.76. The number of aryl methyl sites for hydroxylation is 1. The molecule has 2 N–H and O–H groups in total. The van der Waals surface area contributed by atoms with Crippen LogP contribution in [0.3, 0.4) is 0 Å². The Labute approximate surface area is 187 Å². The molecule has 0 aliphatic heterocycles. The summed E-state index contributed by atoms with van der Waals surface area (Å²) < 4.78 is 16.2. The number of carbonyl (C=O) groups is 2. The number of amides is 2. The predicted octanol–water partition coefficient (Wildman–Crippen LogP) is 4.08. The van der Waals surface area contributed by atoms with E-state index in [1.165, 1.54) is 12.3 Å². The third kappa shape index (κ3) is 6.01. The molecule has 0 aliphatic rings. The Morgan fingerprint density at radius 1 is 1.06 bits per heavy atom. The normalized spacial score (nSPS) is 11.0. The SMILES string of the molecule is CCOc1cc(CNC(=O)/C(=C/c2ccco2)NC(=O)c2cccc(C)c2)ccc1OC. The van der Waals surface area contributed by atoms with Crippen molar-refractivity contribution in [2.45, 2.75) is 20.4 Å². The van der Waals surface area contributed by atoms with Gasteiger partial charge in [-0.2, -0.15) is 0 Å². The van der Waals surface area contributed by atoms with E-state index in [9.17, 15) is 9.59 Å². The van der Waals surface area contributed by atoms with E-state index < -0.39 is 5.91 Å². The molecule has 32 heavy (non-hydrogen) atoms. The maximum absolute atomic E-state index is 12.9. The molecule has 0 saturated heterocycles. The summed E-state index contributed by atoms with van der Waals surface area (Å²) in [5.41, 5.74) is 2.30. The molecule has 2 aromatic carbocycles. The minimum Gasteiger partial charge on any atom is -0.493 e. The van der Waals surface area contributed by atoms with Gasteiger partial charge >= 0.3 is 0 Å². The Bertz CT molecular complexity index is 1100. The second kappa shape index (κ2) is 10.9. The second-order valence-electron chi connectivity index (χ2n) is 7.00. The zero-order chi connectivity index (χ0) is 22.9. The quantitative estimate of drug-likeness (QED) is 0.495. The first kappa shape index (κ1) is 22.7. The second-order valence-corrected chi connectivity index (χ2v) is 7.00. The molecule has 166 valence electrons. The highest BCUT2D eigenvalue weighted by molar-refractivity contribution is 6.05. The van der Waals surface area contributed by atoms with Gasteiger partial charge in [-0.1, -0.05) is 23.8 Å². The first-order chi connectivity index (χ1) is 15.5. The number of ether oxygens (including phenoxy) is 2. The number of carbonyl (C=O) groups excluding carboxylic acids is 2. The fourth-order valence-corrected chi connectivity index (χ4v) is 3.03. The van der Waals surface area contributed by atoms with Crippen molar-refractivity contribution in [3.05, 3.63) is 89.0 Å². The molecule has 1 aromatic heterocycles. The van der Waals surface area contributed by atoms with Gasteiger partial charge in [0.15, 0.2) is 11.5 Å². The van der Waals surface area contributed by atoms with Crippen LogP contribution in [0.5, 0.6) is 11.5 Å². The van der Waals surface area contributed by atoms with Crippen LogP contribution >= 0.6 is 0 Å². The lowest BCUT2D eigenvalue weighted by Crippen LogP contribution is -2.34. The van der Waals surface area contributed by atoms with E-state index in [1.807, 2.05) is 32.0 Å². The van der Waals surface area contributed by atoms with Crippen molar-refractivity contribution in [2.24, 2.45) is 0 Å². The van der Waals surface area contributed by atoms with Gasteiger partial charge in [-0.15, -0.1) is 0 Å². The molecule has 2 amide bonds. The summed E-state index contributed by atoms with van der Waals surface area (Å²) in [5, 5.41) is 5.52. The van der Waals surface area contributed by atoms with E-state index >= 15 is 0 Å². The van der Waals surface area contributed by atoms with E-state index in [1.54, 1.807) is 43.5 Å². The van der Waals surface area contributed by atoms with Gasteiger partial charge in [0.25, 0.3) is 11.8 Å². The van der Waals surface area contributed by atoms with Crippen LogP contribution in [-0.2, 0) is 11.3 Å². The highest BCUT2D eigenvalue weighted by atomic mass is 16.5. The summed E-state index contributed by atoms with van der Waals surface area (Å²) in [7, 11) is 1.57. The number of furan rings is 1. The van der Waals surface area contributed by atoms with Crippen molar-refractivity contribution in [1.82, 2.24) is 10.6 Å². The zero-order valence-electron chi connectivity index (χ0n) is 18.3. The first-order valence-corrected chi connectivity index (χ1v) is 10.2. The predicted molar refractivity (Wildman–Crippen MR) is 121 cm³/mol. The average Bonchev–Trinajstić information content (AvgIpc) is 3.30. The lowest BCUT2D eigenvalue weighted by Gasteiger charge is -2.13. The van der Waals surface area contributed by atoms with Crippen LogP contribution in [-0.4, -0.2) is 25.5 Å². The molecule has 0 radical (unpaired) electrons. The highest BCUT2D eigenvalue weighted by Gasteiger charge is 2.16. The van der Waals surface area contributed by atoms with Crippen molar-refractivity contribution in [2.75, 3.05) is 13.7 Å². The largest absolute Gasteiger partial charge is 0.493 e. The van der Waals surface area contributed by atoms with Crippen LogP contribution < -0.4 is 20.1 Å². The lowest BCUT2D eigenvalue weighted by molar-refractivity contribution is -0.117. The molecule has 7 nitrogen and oxygen atoms in total. The Hall–Kier alpha value is -4.00. The molecular weight excluding hydrogens is 408 g/mol. The smallest absolute Gasteiger partial charge is 0.268 e. The molecule has 3 aromatic rings. The number of hydrogen-bond acceptors (Lipinski definition) is 5. The van der Waals surface area contributed by atoms with Crippen LogP contribution in [0, 0.1) is 6.92 Å². The van der Waals surface area contributed by atoms with Crippen LogP contribution in [0.1, 0.15) is 34.2 Å². The van der Waals surface area contributed by atoms with Crippen LogP contribution in [0.25, 0.3) is 6.08 Å². The van der Waals surface area contributed by atoms with Crippen LogP contribution in [0.2, 0.25) is 0 Å². The molecule has 0 fully saturated rings. The standard InChI is InChI=1S/C25H26N2O5/c1-4-31-23-14-18(10-11-22(23)30-3)16-26-25(29)21(15-20-9-6-12-32-20)27-24(28)19-8-5-7-17(2)13-19/h5-15H,4,16H2,1-3H3,(H,26,29)(H,27,28)/b21-15-. The lowest BCUT2D eigenvalue weighted by atomic mass is 10.1. The summed E-state index contributed by atoms with van der Waals surface area (Å²) in [6.07, 6.45) is 2.99. The van der Waals surface area contributed by atoms with Gasteiger partial charge in [-0.3, -0.25) is 9.59 Å². The summed E-state index contributed by atoms with van der Waals surface area (Å²) in [5.74, 6) is 0.829. The third-order valence-electron chi connectivity index (χ3n) is 4.58. The molecule has 1 heterocycles. The van der Waals surface area contributed by atoms with E-state index in [-0.39, 0.29) is 18.1 Å². The monoisotopic (exact) mass is 434 g/mol. The van der Waals surface area contributed by atoms with Gasteiger partial charge in [0, 0.05) is 18.2 Å². The number of benzene rings is 2. The topological polar surface area (TPSA) is 89.8 Å². The molecular formula is C25H26N2O5. The van der Waals surface area contributed by atoms with E-state index in [0.29, 0.717) is 29.4 Å². The maximum Gasteiger partial charge on any atom is 0.268 e. The van der Waals surface area contributed by atoms with Gasteiger partial charge in [-0.25, -0.2) is 0 Å². The number of rotatable bonds is 9. The van der Waals surface area contributed by atoms with Crippen molar-refractivity contribution in [1.29, 1.82) is 0 Å². The van der Waals surface area contributed by atoms with E-state index in [0.717, 1.165) is 11.1 Å². The summed E-state index contributed by atoms with van der Waals surface area (Å²) in [4.78, 5) is 25.6. The average molecular weight is 434 g/mol. The van der Waals surface area contributed by atoms with Gasteiger partial charge in [0.1, 0.15) is 11.5 Å². The number of hydrogen-bond donors (Lipinski definition) is 2. The summed E-state index contributed by atoms with van der Waals surface area (Å²) >= 11 is 0. The third-order valence-corrected chi connectivity index (χ3v) is 4.58. The molecule has 0 spiro atoms. The van der Waals surface area contributed by atoms with Crippen LogP contribution in [0.15, 0.2) is 71.0 Å². The van der Waals surface area contributed by atoms with Gasteiger partial charge < -0.3 is 24.5 Å². The maximum atomic E-state index is 12.9. The van der Waals surface area contributed by atoms with E-state index in [2.05, 4.69) is 10.6 Å². The van der Waals surface area contributed by atoms with E-state index in [4.69, 9.17) is 13.9 Å². The number of nitrogens with one attached hydrogen (secondary N) is 2. The number of methoxy groups -OCH3 is 1. The molecule has 7 heteroatoms. The van der Waals surface area contributed by atoms with Gasteiger partial charge in [-0.05, 0) is 55.8 Å². The zero-order valence-corrected chi connectivity index (χ0v) is 18.3. The first-order valence-electron chi connectivity index (χ1n) is 10.2. The molecule has 0 saturated carbocycles.